The predicted molar refractivity (Wildman–Crippen MR) is 93.0 cm³/mol. The third kappa shape index (κ3) is 3.12. The summed E-state index contributed by atoms with van der Waals surface area (Å²) in [6, 6.07) is 0. The Balaban J connectivity index is 1.82. The number of rotatable bonds is 3. The number of hydrogen-bond acceptors (Lipinski definition) is 9. The highest BCUT2D eigenvalue weighted by Crippen LogP contribution is 2.27. The Hall–Kier alpha value is -2.62. The molecular weight excluding hydrogens is 336 g/mol. The molecular formula is C16H22N8O2. The van der Waals surface area contributed by atoms with Crippen molar-refractivity contribution in [1.82, 2.24) is 35.1 Å². The van der Waals surface area contributed by atoms with E-state index in [-0.39, 0.29) is 5.41 Å². The first kappa shape index (κ1) is 16.8. The van der Waals surface area contributed by atoms with Gasteiger partial charge in [0.2, 0.25) is 5.89 Å². The second-order valence-corrected chi connectivity index (χ2v) is 7.37. The van der Waals surface area contributed by atoms with Gasteiger partial charge in [-0.05, 0) is 6.92 Å². The molecule has 0 N–H and O–H groups in total. The molecule has 10 nitrogen and oxygen atoms in total. The molecule has 0 atom stereocenters. The Kier molecular flexibility index (Phi) is 4.06. The van der Waals surface area contributed by atoms with E-state index in [9.17, 15) is 0 Å². The van der Waals surface area contributed by atoms with Gasteiger partial charge in [0, 0.05) is 18.5 Å². The summed E-state index contributed by atoms with van der Waals surface area (Å²) in [7, 11) is 0. The topological polar surface area (TPSA) is 108 Å². The normalized spacial score (nSPS) is 15.8. The smallest absolute Gasteiger partial charge is 0.248 e. The first-order valence-electron chi connectivity index (χ1n) is 8.65. The Morgan fingerprint density at radius 3 is 2.50 bits per heavy atom. The van der Waals surface area contributed by atoms with Crippen LogP contribution in [0.4, 0.5) is 5.82 Å². The first-order valence-corrected chi connectivity index (χ1v) is 8.65. The van der Waals surface area contributed by atoms with Crippen LogP contribution in [0.3, 0.4) is 0 Å². The summed E-state index contributed by atoms with van der Waals surface area (Å²) in [5.74, 6) is 2.61. The molecule has 1 saturated heterocycles. The Morgan fingerprint density at radius 2 is 1.85 bits per heavy atom. The largest absolute Gasteiger partial charge is 0.378 e. The molecule has 4 rings (SSSR count). The van der Waals surface area contributed by atoms with E-state index in [0.29, 0.717) is 42.6 Å². The lowest BCUT2D eigenvalue weighted by molar-refractivity contribution is 0.122. The summed E-state index contributed by atoms with van der Waals surface area (Å²) in [4.78, 5) is 16.0. The Bertz CT molecular complexity index is 920. The van der Waals surface area contributed by atoms with Crippen molar-refractivity contribution < 1.29 is 9.26 Å². The van der Waals surface area contributed by atoms with Gasteiger partial charge in [-0.25, -0.2) is 14.6 Å². The SMILES string of the molecule is Cc1noc(Cn2nnc3c(N4CCOCC4)nc(C(C)(C)C)nc32)n1. The van der Waals surface area contributed by atoms with Crippen LogP contribution in [0, 0.1) is 6.92 Å². The summed E-state index contributed by atoms with van der Waals surface area (Å²) in [6.07, 6.45) is 0. The van der Waals surface area contributed by atoms with Crippen molar-refractivity contribution in [2.24, 2.45) is 0 Å². The summed E-state index contributed by atoms with van der Waals surface area (Å²) in [5, 5.41) is 12.4. The molecule has 0 aromatic carbocycles. The molecule has 0 bridgehead atoms. The number of ether oxygens (including phenoxy) is 1. The highest BCUT2D eigenvalue weighted by atomic mass is 16.5. The van der Waals surface area contributed by atoms with Gasteiger partial charge < -0.3 is 14.2 Å². The summed E-state index contributed by atoms with van der Waals surface area (Å²) >= 11 is 0. The minimum absolute atomic E-state index is 0.203. The number of morpholine rings is 1. The molecule has 3 aromatic rings. The van der Waals surface area contributed by atoms with Crippen molar-refractivity contribution in [3.8, 4) is 0 Å². The molecule has 0 amide bonds. The molecule has 1 aliphatic rings. The third-order valence-corrected chi connectivity index (χ3v) is 4.18. The lowest BCUT2D eigenvalue weighted by atomic mass is 9.96. The second kappa shape index (κ2) is 6.27. The molecule has 26 heavy (non-hydrogen) atoms. The van der Waals surface area contributed by atoms with Crippen LogP contribution in [0.25, 0.3) is 11.2 Å². The van der Waals surface area contributed by atoms with Crippen molar-refractivity contribution in [3.05, 3.63) is 17.5 Å². The van der Waals surface area contributed by atoms with Crippen LogP contribution in [0.15, 0.2) is 4.52 Å². The van der Waals surface area contributed by atoms with Crippen molar-refractivity contribution in [1.29, 1.82) is 0 Å². The van der Waals surface area contributed by atoms with E-state index < -0.39 is 0 Å². The average molecular weight is 358 g/mol. The zero-order valence-electron chi connectivity index (χ0n) is 15.4. The van der Waals surface area contributed by atoms with Crippen LogP contribution in [-0.2, 0) is 16.7 Å². The summed E-state index contributed by atoms with van der Waals surface area (Å²) < 4.78 is 12.4. The third-order valence-electron chi connectivity index (χ3n) is 4.18. The fourth-order valence-electron chi connectivity index (χ4n) is 2.81. The van der Waals surface area contributed by atoms with Crippen LogP contribution < -0.4 is 4.90 Å². The number of aromatic nitrogens is 7. The number of fused-ring (bicyclic) bond motifs is 1. The van der Waals surface area contributed by atoms with E-state index in [1.165, 1.54) is 0 Å². The van der Waals surface area contributed by atoms with Crippen molar-refractivity contribution in [2.45, 2.75) is 39.7 Å². The first-order chi connectivity index (χ1) is 12.4. The maximum atomic E-state index is 5.46. The highest BCUT2D eigenvalue weighted by Gasteiger charge is 2.26. The molecule has 0 unspecified atom stereocenters. The van der Waals surface area contributed by atoms with E-state index in [2.05, 4.69) is 46.1 Å². The fourth-order valence-corrected chi connectivity index (χ4v) is 2.81. The van der Waals surface area contributed by atoms with Gasteiger partial charge in [0.05, 0.1) is 13.2 Å². The number of nitrogens with zero attached hydrogens (tertiary/aromatic N) is 8. The van der Waals surface area contributed by atoms with Gasteiger partial charge >= 0.3 is 0 Å². The molecule has 138 valence electrons. The van der Waals surface area contributed by atoms with Crippen LogP contribution >= 0.6 is 0 Å². The Morgan fingerprint density at radius 1 is 1.08 bits per heavy atom. The van der Waals surface area contributed by atoms with Gasteiger partial charge in [-0.2, -0.15) is 4.98 Å². The van der Waals surface area contributed by atoms with Gasteiger partial charge in [-0.3, -0.25) is 0 Å². The molecule has 1 fully saturated rings. The van der Waals surface area contributed by atoms with Crippen LogP contribution in [0.5, 0.6) is 0 Å². The number of hydrogen-bond donors (Lipinski definition) is 0. The number of anilines is 1. The van der Waals surface area contributed by atoms with Crippen molar-refractivity contribution in [3.63, 3.8) is 0 Å². The minimum Gasteiger partial charge on any atom is -0.378 e. The van der Waals surface area contributed by atoms with E-state index in [4.69, 9.17) is 19.2 Å². The van der Waals surface area contributed by atoms with Crippen LogP contribution in [-0.4, -0.2) is 61.4 Å². The zero-order valence-corrected chi connectivity index (χ0v) is 15.4. The lowest BCUT2D eigenvalue weighted by Crippen LogP contribution is -2.37. The van der Waals surface area contributed by atoms with Gasteiger partial charge in [-0.1, -0.05) is 31.1 Å². The van der Waals surface area contributed by atoms with Gasteiger partial charge in [0.1, 0.15) is 12.4 Å². The van der Waals surface area contributed by atoms with Gasteiger partial charge in [-0.15, -0.1) is 5.10 Å². The van der Waals surface area contributed by atoms with Gasteiger partial charge in [0.15, 0.2) is 22.8 Å². The number of aryl methyl sites for hydroxylation is 1. The quantitative estimate of drug-likeness (QED) is 0.680. The maximum Gasteiger partial charge on any atom is 0.248 e. The summed E-state index contributed by atoms with van der Waals surface area (Å²) in [5.41, 5.74) is 1.14. The summed E-state index contributed by atoms with van der Waals surface area (Å²) in [6.45, 7) is 11.3. The highest BCUT2D eigenvalue weighted by molar-refractivity contribution is 5.83. The second-order valence-electron chi connectivity index (χ2n) is 7.37. The van der Waals surface area contributed by atoms with E-state index in [1.54, 1.807) is 11.6 Å². The van der Waals surface area contributed by atoms with Crippen LogP contribution in [0.2, 0.25) is 0 Å². The molecule has 10 heteroatoms. The van der Waals surface area contributed by atoms with Crippen molar-refractivity contribution >= 4 is 17.0 Å². The van der Waals surface area contributed by atoms with Crippen molar-refractivity contribution in [2.75, 3.05) is 31.2 Å². The zero-order chi connectivity index (χ0) is 18.3. The maximum absolute atomic E-state index is 5.46. The van der Waals surface area contributed by atoms with E-state index in [0.717, 1.165) is 24.7 Å². The van der Waals surface area contributed by atoms with Gasteiger partial charge in [0.25, 0.3) is 0 Å². The van der Waals surface area contributed by atoms with E-state index in [1.807, 2.05) is 0 Å². The molecule has 4 heterocycles. The van der Waals surface area contributed by atoms with E-state index >= 15 is 0 Å². The van der Waals surface area contributed by atoms with Crippen LogP contribution in [0.1, 0.15) is 38.3 Å². The fraction of sp³-hybridized carbons (Fsp3) is 0.625. The molecule has 0 saturated carbocycles. The standard InChI is InChI=1S/C16H22N8O2/c1-10-17-11(26-21-10)9-24-14-12(20-22-24)13(23-5-7-25-8-6-23)18-15(19-14)16(2,3)4/h5-9H2,1-4H3. The molecule has 1 aliphatic heterocycles. The molecule has 3 aromatic heterocycles. The lowest BCUT2D eigenvalue weighted by Gasteiger charge is -2.29. The average Bonchev–Trinajstić information content (AvgIpc) is 3.21. The molecule has 0 radical (unpaired) electrons. The minimum atomic E-state index is -0.203. The Labute approximate surface area is 150 Å². The molecule has 0 spiro atoms. The molecule has 0 aliphatic carbocycles. The monoisotopic (exact) mass is 358 g/mol. The predicted octanol–water partition coefficient (Wildman–Crippen LogP) is 1.10.